The molecule has 2 aromatic carbocycles. The van der Waals surface area contributed by atoms with Crippen LogP contribution in [-0.2, 0) is 4.79 Å². The molecule has 30 heavy (non-hydrogen) atoms. The number of hydrogen-bond donors (Lipinski definition) is 0. The molecule has 1 unspecified atom stereocenters. The van der Waals surface area contributed by atoms with Gasteiger partial charge in [-0.1, -0.05) is 30.3 Å². The number of furan rings is 1. The fourth-order valence-electron chi connectivity index (χ4n) is 4.00. The average Bonchev–Trinajstić information content (AvgIpc) is 3.14. The molecule has 2 aliphatic heterocycles. The standard InChI is InChI=1S/C23H22N2O5/c1-15-16-6-2-3-7-17(16)30-21(15)23(27)25-12-10-24(11-13-25)22(26)20-14-28-18-8-4-5-9-19(18)29-20/h2-9,20H,10-14H2,1H3. The van der Waals surface area contributed by atoms with E-state index < -0.39 is 6.10 Å². The van der Waals surface area contributed by atoms with E-state index in [1.54, 1.807) is 15.9 Å². The summed E-state index contributed by atoms with van der Waals surface area (Å²) in [6.07, 6.45) is -0.667. The van der Waals surface area contributed by atoms with E-state index in [0.29, 0.717) is 49.0 Å². The molecule has 154 valence electrons. The Balaban J connectivity index is 1.23. The number of para-hydroxylation sites is 3. The van der Waals surface area contributed by atoms with Crippen molar-refractivity contribution in [3.8, 4) is 11.5 Å². The smallest absolute Gasteiger partial charge is 0.290 e. The third-order valence-corrected chi connectivity index (χ3v) is 5.70. The molecule has 0 bridgehead atoms. The van der Waals surface area contributed by atoms with Crippen LogP contribution in [0.15, 0.2) is 52.9 Å². The molecular weight excluding hydrogens is 384 g/mol. The van der Waals surface area contributed by atoms with Crippen molar-refractivity contribution < 1.29 is 23.5 Å². The second-order valence-electron chi connectivity index (χ2n) is 7.53. The number of amides is 2. The highest BCUT2D eigenvalue weighted by atomic mass is 16.6. The van der Waals surface area contributed by atoms with Gasteiger partial charge in [-0.15, -0.1) is 0 Å². The fourth-order valence-corrected chi connectivity index (χ4v) is 4.00. The van der Waals surface area contributed by atoms with Crippen LogP contribution in [0.2, 0.25) is 0 Å². The van der Waals surface area contributed by atoms with Gasteiger partial charge in [-0.3, -0.25) is 9.59 Å². The first kappa shape index (κ1) is 18.5. The van der Waals surface area contributed by atoms with Gasteiger partial charge in [0, 0.05) is 37.1 Å². The summed E-state index contributed by atoms with van der Waals surface area (Å²) in [4.78, 5) is 29.3. The number of fused-ring (bicyclic) bond motifs is 2. The molecule has 0 spiro atoms. The number of aryl methyl sites for hydroxylation is 1. The third kappa shape index (κ3) is 3.16. The number of benzene rings is 2. The maximum atomic E-state index is 13.0. The van der Waals surface area contributed by atoms with Gasteiger partial charge in [0.1, 0.15) is 12.2 Å². The first-order chi connectivity index (χ1) is 14.6. The minimum Gasteiger partial charge on any atom is -0.485 e. The topological polar surface area (TPSA) is 72.2 Å². The molecule has 7 heteroatoms. The monoisotopic (exact) mass is 406 g/mol. The third-order valence-electron chi connectivity index (χ3n) is 5.70. The number of rotatable bonds is 2. The van der Waals surface area contributed by atoms with E-state index in [9.17, 15) is 9.59 Å². The lowest BCUT2D eigenvalue weighted by Gasteiger charge is -2.36. The molecule has 5 rings (SSSR count). The summed E-state index contributed by atoms with van der Waals surface area (Å²) in [5.41, 5.74) is 1.56. The van der Waals surface area contributed by atoms with Crippen molar-refractivity contribution in [3.05, 3.63) is 59.9 Å². The molecule has 1 aromatic heterocycles. The summed E-state index contributed by atoms with van der Waals surface area (Å²) in [7, 11) is 0. The minimum absolute atomic E-state index is 0.114. The van der Waals surface area contributed by atoms with Crippen LogP contribution in [0.5, 0.6) is 11.5 Å². The van der Waals surface area contributed by atoms with Gasteiger partial charge in [-0.05, 0) is 25.1 Å². The summed E-state index contributed by atoms with van der Waals surface area (Å²) >= 11 is 0. The Hall–Kier alpha value is -3.48. The Morgan fingerprint density at radius 2 is 1.57 bits per heavy atom. The lowest BCUT2D eigenvalue weighted by Crippen LogP contribution is -2.55. The zero-order valence-electron chi connectivity index (χ0n) is 16.7. The molecule has 0 N–H and O–H groups in total. The van der Waals surface area contributed by atoms with Crippen LogP contribution in [0.1, 0.15) is 16.1 Å². The lowest BCUT2D eigenvalue weighted by atomic mass is 10.1. The van der Waals surface area contributed by atoms with Crippen molar-refractivity contribution in [2.24, 2.45) is 0 Å². The molecule has 3 aromatic rings. The van der Waals surface area contributed by atoms with E-state index in [1.807, 2.05) is 49.4 Å². The molecule has 0 radical (unpaired) electrons. The number of piperazine rings is 1. The summed E-state index contributed by atoms with van der Waals surface area (Å²) in [6.45, 7) is 3.89. The normalized spacial score (nSPS) is 18.5. The van der Waals surface area contributed by atoms with E-state index >= 15 is 0 Å². The van der Waals surface area contributed by atoms with E-state index in [1.165, 1.54) is 0 Å². The van der Waals surface area contributed by atoms with Crippen molar-refractivity contribution in [2.45, 2.75) is 13.0 Å². The second kappa shape index (κ2) is 7.40. The number of hydrogen-bond acceptors (Lipinski definition) is 5. The fraction of sp³-hybridized carbons (Fsp3) is 0.304. The average molecular weight is 406 g/mol. The maximum Gasteiger partial charge on any atom is 0.290 e. The molecule has 1 fully saturated rings. The SMILES string of the molecule is Cc1c(C(=O)N2CCN(C(=O)C3COc4ccccc4O3)CC2)oc2ccccc12. The van der Waals surface area contributed by atoms with Gasteiger partial charge in [-0.2, -0.15) is 0 Å². The van der Waals surface area contributed by atoms with E-state index in [0.717, 1.165) is 10.9 Å². The number of nitrogens with zero attached hydrogens (tertiary/aromatic N) is 2. The quantitative estimate of drug-likeness (QED) is 0.654. The highest BCUT2D eigenvalue weighted by Gasteiger charge is 2.34. The molecule has 1 atom stereocenters. The minimum atomic E-state index is -0.667. The van der Waals surface area contributed by atoms with Crippen molar-refractivity contribution >= 4 is 22.8 Å². The lowest BCUT2D eigenvalue weighted by molar-refractivity contribution is -0.142. The highest BCUT2D eigenvalue weighted by molar-refractivity contribution is 5.99. The van der Waals surface area contributed by atoms with E-state index in [2.05, 4.69) is 0 Å². The summed E-state index contributed by atoms with van der Waals surface area (Å²) in [5, 5.41) is 0.949. The molecule has 3 heterocycles. The van der Waals surface area contributed by atoms with Gasteiger partial charge in [0.25, 0.3) is 11.8 Å². The Kier molecular flexibility index (Phi) is 4.58. The van der Waals surface area contributed by atoms with Gasteiger partial charge in [0.2, 0.25) is 6.10 Å². The zero-order valence-corrected chi connectivity index (χ0v) is 16.7. The van der Waals surface area contributed by atoms with E-state index in [-0.39, 0.29) is 18.4 Å². The second-order valence-corrected chi connectivity index (χ2v) is 7.53. The van der Waals surface area contributed by atoms with Gasteiger partial charge in [-0.25, -0.2) is 0 Å². The van der Waals surface area contributed by atoms with Crippen molar-refractivity contribution in [1.82, 2.24) is 9.80 Å². The maximum absolute atomic E-state index is 13.0. The van der Waals surface area contributed by atoms with Crippen LogP contribution < -0.4 is 9.47 Å². The molecule has 2 aliphatic rings. The van der Waals surface area contributed by atoms with Crippen LogP contribution >= 0.6 is 0 Å². The van der Waals surface area contributed by atoms with Gasteiger partial charge in [0.05, 0.1) is 0 Å². The van der Waals surface area contributed by atoms with Gasteiger partial charge < -0.3 is 23.7 Å². The Labute approximate surface area is 173 Å². The Bertz CT molecular complexity index is 1110. The van der Waals surface area contributed by atoms with Crippen molar-refractivity contribution in [1.29, 1.82) is 0 Å². The largest absolute Gasteiger partial charge is 0.485 e. The summed E-state index contributed by atoms with van der Waals surface area (Å²) in [5.74, 6) is 1.35. The molecule has 0 aliphatic carbocycles. The molecule has 0 saturated carbocycles. The summed E-state index contributed by atoms with van der Waals surface area (Å²) in [6, 6.07) is 15.0. The van der Waals surface area contributed by atoms with Crippen LogP contribution in [-0.4, -0.2) is 60.5 Å². The number of carbonyl (C=O) groups excluding carboxylic acids is 2. The van der Waals surface area contributed by atoms with Crippen molar-refractivity contribution in [3.63, 3.8) is 0 Å². The molecule has 1 saturated heterocycles. The first-order valence-electron chi connectivity index (χ1n) is 10.1. The predicted octanol–water partition coefficient (Wildman–Crippen LogP) is 2.87. The molecule has 2 amide bonds. The highest BCUT2D eigenvalue weighted by Crippen LogP contribution is 2.31. The van der Waals surface area contributed by atoms with Crippen LogP contribution in [0.25, 0.3) is 11.0 Å². The zero-order chi connectivity index (χ0) is 20.7. The number of carbonyl (C=O) groups is 2. The van der Waals surface area contributed by atoms with E-state index in [4.69, 9.17) is 13.9 Å². The molecular formula is C23H22N2O5. The Morgan fingerprint density at radius 3 is 2.33 bits per heavy atom. The Morgan fingerprint density at radius 1 is 0.900 bits per heavy atom. The van der Waals surface area contributed by atoms with Gasteiger partial charge in [0.15, 0.2) is 17.3 Å². The number of ether oxygens (including phenoxy) is 2. The van der Waals surface area contributed by atoms with Gasteiger partial charge >= 0.3 is 0 Å². The first-order valence-corrected chi connectivity index (χ1v) is 10.1. The van der Waals surface area contributed by atoms with Crippen LogP contribution in [0, 0.1) is 6.92 Å². The van der Waals surface area contributed by atoms with Crippen LogP contribution in [0.4, 0.5) is 0 Å². The summed E-state index contributed by atoms with van der Waals surface area (Å²) < 4.78 is 17.3. The molecule has 7 nitrogen and oxygen atoms in total. The van der Waals surface area contributed by atoms with Crippen molar-refractivity contribution in [2.75, 3.05) is 32.8 Å². The van der Waals surface area contributed by atoms with Crippen LogP contribution in [0.3, 0.4) is 0 Å². The predicted molar refractivity (Wildman–Crippen MR) is 110 cm³/mol.